The zero-order valence-electron chi connectivity index (χ0n) is 24.5. The molecule has 2 N–H and O–H groups in total. The van der Waals surface area contributed by atoms with Crippen molar-refractivity contribution in [1.29, 1.82) is 0 Å². The summed E-state index contributed by atoms with van der Waals surface area (Å²) >= 11 is -2.92. The molecule has 1 aliphatic rings. The molecule has 1 saturated carbocycles. The number of carbonyl (C=O) groups excluding carboxylic acids is 2. The lowest BCUT2D eigenvalue weighted by Crippen LogP contribution is -2.37. The molecule has 0 spiro atoms. The second-order valence-electron chi connectivity index (χ2n) is 10.4. The van der Waals surface area contributed by atoms with Crippen molar-refractivity contribution in [2.24, 2.45) is 5.92 Å². The highest BCUT2D eigenvalue weighted by Gasteiger charge is 2.25. The van der Waals surface area contributed by atoms with E-state index in [0.29, 0.717) is 11.7 Å². The van der Waals surface area contributed by atoms with Crippen LogP contribution in [0.15, 0.2) is 91.0 Å². The highest BCUT2D eigenvalue weighted by molar-refractivity contribution is 7.80. The number of rotatable bonds is 16. The molecular weight excluding hydrogens is 585 g/mol. The predicted molar refractivity (Wildman–Crippen MR) is 171 cm³/mol. The molecule has 0 bridgehead atoms. The molecule has 43 heavy (non-hydrogen) atoms. The monoisotopic (exact) mass is 626 g/mol. The second kappa shape index (κ2) is 20.2. The van der Waals surface area contributed by atoms with Gasteiger partial charge in [0.25, 0.3) is 0 Å². The van der Waals surface area contributed by atoms with Gasteiger partial charge in [-0.1, -0.05) is 130 Å². The zero-order valence-corrected chi connectivity index (χ0v) is 26.2. The van der Waals surface area contributed by atoms with Gasteiger partial charge in [0.15, 0.2) is 22.2 Å². The van der Waals surface area contributed by atoms with Gasteiger partial charge in [-0.3, -0.25) is 0 Å². The van der Waals surface area contributed by atoms with Gasteiger partial charge in [-0.15, -0.1) is 0 Å². The summed E-state index contributed by atoms with van der Waals surface area (Å²) in [7, 11) is 0. The van der Waals surface area contributed by atoms with E-state index < -0.39 is 28.2 Å². The largest absolute Gasteiger partial charge is 0.302 e. The molecule has 0 radical (unpaired) electrons. The van der Waals surface area contributed by atoms with Gasteiger partial charge in [0.2, 0.25) is 0 Å². The quantitative estimate of drug-likeness (QED) is 0.158. The van der Waals surface area contributed by atoms with Crippen LogP contribution >= 0.6 is 0 Å². The van der Waals surface area contributed by atoms with Gasteiger partial charge in [0.1, 0.15) is 12.6 Å². The Hall–Kier alpha value is -2.86. The summed E-state index contributed by atoms with van der Waals surface area (Å²) in [5.74, 6) is 1.04. The number of hydrogen-bond acceptors (Lipinski definition) is 8. The van der Waals surface area contributed by atoms with Crippen LogP contribution in [-0.4, -0.2) is 38.8 Å². The first-order valence-corrected chi connectivity index (χ1v) is 17.2. The third-order valence-corrected chi connectivity index (χ3v) is 8.84. The fourth-order valence-electron chi connectivity index (χ4n) is 5.04. The minimum atomic E-state index is -1.59. The Morgan fingerprint density at radius 1 is 0.744 bits per heavy atom. The summed E-state index contributed by atoms with van der Waals surface area (Å²) in [6.45, 7) is 1.77. The maximum Gasteiger partial charge on any atom is 0.177 e. The molecule has 0 aromatic heterocycles. The Morgan fingerprint density at radius 2 is 1.28 bits per heavy atom. The lowest BCUT2D eigenvalue weighted by molar-refractivity contribution is -0.112. The summed E-state index contributed by atoms with van der Waals surface area (Å²) in [4.78, 5) is 22.7. The molecular formula is C33H42N2O6S2. The van der Waals surface area contributed by atoms with Crippen LogP contribution in [-0.2, 0) is 46.1 Å². The van der Waals surface area contributed by atoms with Crippen LogP contribution in [0.3, 0.4) is 0 Å². The van der Waals surface area contributed by atoms with Crippen molar-refractivity contribution in [3.8, 4) is 0 Å². The molecule has 4 atom stereocenters. The van der Waals surface area contributed by atoms with Crippen LogP contribution in [0.5, 0.6) is 0 Å². The van der Waals surface area contributed by atoms with E-state index in [4.69, 9.17) is 8.57 Å². The van der Waals surface area contributed by atoms with E-state index in [9.17, 15) is 18.0 Å². The molecule has 3 aromatic carbocycles. The van der Waals surface area contributed by atoms with Crippen molar-refractivity contribution < 1.29 is 26.6 Å². The normalized spacial score (nSPS) is 16.3. The molecule has 4 unspecified atom stereocenters. The summed E-state index contributed by atoms with van der Waals surface area (Å²) in [6.07, 6.45) is 8.67. The Balaban J connectivity index is 0.000000271. The van der Waals surface area contributed by atoms with Gasteiger partial charge in [0.05, 0.1) is 17.8 Å². The minimum absolute atomic E-state index is 0.251. The van der Waals surface area contributed by atoms with Gasteiger partial charge in [-0.05, 0) is 29.0 Å². The van der Waals surface area contributed by atoms with E-state index in [0.717, 1.165) is 35.7 Å². The molecule has 0 amide bonds. The average molecular weight is 627 g/mol. The van der Waals surface area contributed by atoms with Crippen molar-refractivity contribution in [2.45, 2.75) is 69.2 Å². The predicted octanol–water partition coefficient (Wildman–Crippen LogP) is 5.50. The Bertz CT molecular complexity index is 1200. The zero-order chi connectivity index (χ0) is 30.7. The molecule has 0 heterocycles. The number of aldehydes is 2. The third-order valence-electron chi connectivity index (χ3n) is 7.23. The smallest absolute Gasteiger partial charge is 0.177 e. The van der Waals surface area contributed by atoms with E-state index in [2.05, 4.69) is 11.0 Å². The molecule has 232 valence electrons. The number of hydrogen-bond donors (Lipinski definition) is 2. The first-order valence-electron chi connectivity index (χ1n) is 14.7. The maximum absolute atomic E-state index is 12.2. The molecule has 1 fully saturated rings. The van der Waals surface area contributed by atoms with E-state index in [-0.39, 0.29) is 17.7 Å². The molecule has 10 heteroatoms. The standard InChI is InChI=1S/C22H21NO3S.C11H21NO3S/c24-16-21(23-26-27(25)17-18-10-4-1-5-11-18)22(19-12-6-2-7-13-19)20-14-8-3-9-15-20;1-2-16(14)15-12-11(9-13)8-10-6-4-3-5-7-10/h1-16,21-23H,17H2;9-12H,2-8H2,1H3. The Morgan fingerprint density at radius 3 is 1.79 bits per heavy atom. The van der Waals surface area contributed by atoms with Crippen LogP contribution in [0.25, 0.3) is 0 Å². The highest BCUT2D eigenvalue weighted by Crippen LogP contribution is 2.28. The molecule has 4 rings (SSSR count). The second-order valence-corrected chi connectivity index (χ2v) is 12.8. The number of benzene rings is 3. The maximum atomic E-state index is 12.2. The number of carbonyl (C=O) groups is 2. The fraction of sp³-hybridized carbons (Fsp3) is 0.394. The van der Waals surface area contributed by atoms with E-state index in [1.54, 1.807) is 6.92 Å². The van der Waals surface area contributed by atoms with Crippen molar-refractivity contribution in [3.63, 3.8) is 0 Å². The van der Waals surface area contributed by atoms with Crippen molar-refractivity contribution >= 4 is 34.7 Å². The third kappa shape index (κ3) is 12.7. The molecule has 0 saturated heterocycles. The molecule has 3 aromatic rings. The Kier molecular flexibility index (Phi) is 16.2. The van der Waals surface area contributed by atoms with E-state index in [1.165, 1.54) is 32.1 Å². The van der Waals surface area contributed by atoms with Crippen LogP contribution in [0.4, 0.5) is 0 Å². The van der Waals surface area contributed by atoms with Crippen LogP contribution in [0.1, 0.15) is 68.1 Å². The number of hydroxylamine groups is 2. The van der Waals surface area contributed by atoms with Crippen molar-refractivity contribution in [3.05, 3.63) is 108 Å². The van der Waals surface area contributed by atoms with Crippen molar-refractivity contribution in [2.75, 3.05) is 5.75 Å². The first-order chi connectivity index (χ1) is 21.0. The average Bonchev–Trinajstić information content (AvgIpc) is 3.06. The van der Waals surface area contributed by atoms with Gasteiger partial charge < -0.3 is 9.59 Å². The van der Waals surface area contributed by atoms with Gasteiger partial charge >= 0.3 is 0 Å². The Labute approximate surface area is 260 Å². The van der Waals surface area contributed by atoms with Crippen molar-refractivity contribution in [1.82, 2.24) is 11.0 Å². The molecule has 8 nitrogen and oxygen atoms in total. The van der Waals surface area contributed by atoms with Gasteiger partial charge in [-0.25, -0.2) is 12.7 Å². The van der Waals surface area contributed by atoms with Gasteiger partial charge in [-0.2, -0.15) is 15.2 Å². The first kappa shape index (κ1) is 34.6. The topological polar surface area (TPSA) is 111 Å². The SMILES string of the molecule is CCS(=O)ONC(C=O)CC1CCCCC1.O=CC(NOS(=O)Cc1ccccc1)C(c1ccccc1)c1ccccc1. The fourth-order valence-corrected chi connectivity index (χ4v) is 6.13. The molecule has 1 aliphatic carbocycles. The molecule has 0 aliphatic heterocycles. The minimum Gasteiger partial charge on any atom is -0.302 e. The van der Waals surface area contributed by atoms with Crippen LogP contribution in [0, 0.1) is 5.92 Å². The lowest BCUT2D eigenvalue weighted by Gasteiger charge is -2.24. The van der Waals surface area contributed by atoms with E-state index >= 15 is 0 Å². The number of nitrogens with one attached hydrogen (secondary N) is 2. The summed E-state index contributed by atoms with van der Waals surface area (Å²) in [5.41, 5.74) is 8.18. The van der Waals surface area contributed by atoms with Crippen LogP contribution < -0.4 is 11.0 Å². The lowest BCUT2D eigenvalue weighted by atomic mass is 9.85. The summed E-state index contributed by atoms with van der Waals surface area (Å²) < 4.78 is 33.5. The van der Waals surface area contributed by atoms with E-state index in [1.807, 2.05) is 91.0 Å². The summed E-state index contributed by atoms with van der Waals surface area (Å²) in [5, 5.41) is 0. The van der Waals surface area contributed by atoms with Crippen LogP contribution in [0.2, 0.25) is 0 Å². The van der Waals surface area contributed by atoms with Gasteiger partial charge in [0, 0.05) is 11.7 Å². The summed E-state index contributed by atoms with van der Waals surface area (Å²) in [6, 6.07) is 27.9. The highest BCUT2D eigenvalue weighted by atomic mass is 32.2.